The van der Waals surface area contributed by atoms with Crippen LogP contribution in [0.15, 0.2) is 34.9 Å². The molecule has 0 fully saturated rings. The Balaban J connectivity index is 2.16. The molecule has 20 heavy (non-hydrogen) atoms. The quantitative estimate of drug-likeness (QED) is 0.931. The number of nitrogens with one attached hydrogen (secondary N) is 1. The van der Waals surface area contributed by atoms with E-state index in [1.807, 2.05) is 38.2 Å². The second-order valence-corrected chi connectivity index (χ2v) is 5.67. The molecule has 0 aliphatic heterocycles. The fraction of sp³-hybridized carbons (Fsp3) is 0.333. The smallest absolute Gasteiger partial charge is 0.255 e. The second-order valence-electron chi connectivity index (χ2n) is 4.75. The average Bonchev–Trinajstić information content (AvgIpc) is 2.77. The summed E-state index contributed by atoms with van der Waals surface area (Å²) in [6, 6.07) is 8.03. The number of hydrogen-bond donors (Lipinski definition) is 1. The van der Waals surface area contributed by atoms with Crippen molar-refractivity contribution in [3.8, 4) is 0 Å². The molecule has 5 heteroatoms. The Labute approximate surface area is 127 Å². The monoisotopic (exact) mass is 335 g/mol. The van der Waals surface area contributed by atoms with Gasteiger partial charge in [-0.05, 0) is 31.0 Å². The highest BCUT2D eigenvalue weighted by molar-refractivity contribution is 9.10. The van der Waals surface area contributed by atoms with E-state index in [0.717, 1.165) is 22.2 Å². The molecule has 1 aromatic heterocycles. The van der Waals surface area contributed by atoms with Crippen LogP contribution in [0.4, 0.5) is 0 Å². The Morgan fingerprint density at radius 1 is 1.40 bits per heavy atom. The van der Waals surface area contributed by atoms with Crippen molar-refractivity contribution in [2.45, 2.75) is 26.3 Å². The number of aromatic nitrogens is 2. The largest absolute Gasteiger partial charge is 0.345 e. The molecule has 1 aromatic carbocycles. The highest BCUT2D eigenvalue weighted by Crippen LogP contribution is 2.20. The number of hydrogen-bond acceptors (Lipinski definition) is 2. The summed E-state index contributed by atoms with van der Waals surface area (Å²) in [5.41, 5.74) is 2.60. The molecule has 0 saturated heterocycles. The summed E-state index contributed by atoms with van der Waals surface area (Å²) in [6.07, 6.45) is 2.45. The zero-order chi connectivity index (χ0) is 14.7. The number of nitrogens with zero attached hydrogens (tertiary/aromatic N) is 2. The van der Waals surface area contributed by atoms with Crippen molar-refractivity contribution in [1.29, 1.82) is 0 Å². The van der Waals surface area contributed by atoms with Gasteiger partial charge in [0.1, 0.15) is 0 Å². The van der Waals surface area contributed by atoms with E-state index in [1.54, 1.807) is 10.9 Å². The molecule has 1 amide bonds. The third kappa shape index (κ3) is 3.10. The third-order valence-electron chi connectivity index (χ3n) is 3.47. The van der Waals surface area contributed by atoms with Crippen molar-refractivity contribution in [2.24, 2.45) is 7.05 Å². The van der Waals surface area contributed by atoms with Gasteiger partial charge in [0.25, 0.3) is 5.91 Å². The van der Waals surface area contributed by atoms with Crippen LogP contribution in [0.5, 0.6) is 0 Å². The molecule has 0 saturated carbocycles. The van der Waals surface area contributed by atoms with E-state index in [4.69, 9.17) is 0 Å². The van der Waals surface area contributed by atoms with Crippen LogP contribution in [-0.2, 0) is 7.05 Å². The fourth-order valence-corrected chi connectivity index (χ4v) is 2.34. The Morgan fingerprint density at radius 3 is 2.55 bits per heavy atom. The molecule has 0 bridgehead atoms. The lowest BCUT2D eigenvalue weighted by Crippen LogP contribution is -2.28. The maximum Gasteiger partial charge on any atom is 0.255 e. The number of benzene rings is 1. The molecule has 4 nitrogen and oxygen atoms in total. The lowest BCUT2D eigenvalue weighted by atomic mass is 10.0. The zero-order valence-electron chi connectivity index (χ0n) is 11.9. The Bertz CT molecular complexity index is 604. The van der Waals surface area contributed by atoms with Gasteiger partial charge < -0.3 is 5.32 Å². The molecule has 0 aliphatic carbocycles. The van der Waals surface area contributed by atoms with Gasteiger partial charge >= 0.3 is 0 Å². The standard InChI is InChI=1S/C15H18BrN3O/c1-4-14(11-5-7-12(16)8-6-11)18-15(20)13-9-17-19(3)10(13)2/h5-9,14H,4H2,1-3H3,(H,18,20). The van der Waals surface area contributed by atoms with Gasteiger partial charge in [-0.3, -0.25) is 9.48 Å². The molecule has 0 aliphatic rings. The Morgan fingerprint density at radius 2 is 2.05 bits per heavy atom. The second kappa shape index (κ2) is 6.22. The topological polar surface area (TPSA) is 46.9 Å². The number of amides is 1. The lowest BCUT2D eigenvalue weighted by Gasteiger charge is -2.17. The number of carbonyl (C=O) groups excluding carboxylic acids is 1. The van der Waals surface area contributed by atoms with Gasteiger partial charge in [0.2, 0.25) is 0 Å². The minimum absolute atomic E-state index is 0.00945. The maximum atomic E-state index is 12.3. The molecule has 0 radical (unpaired) electrons. The molecule has 106 valence electrons. The van der Waals surface area contributed by atoms with Gasteiger partial charge in [-0.25, -0.2) is 0 Å². The van der Waals surface area contributed by atoms with E-state index >= 15 is 0 Å². The van der Waals surface area contributed by atoms with Gasteiger partial charge in [0.05, 0.1) is 17.8 Å². The molecular formula is C15H18BrN3O. The molecule has 1 heterocycles. The van der Waals surface area contributed by atoms with E-state index in [-0.39, 0.29) is 11.9 Å². The van der Waals surface area contributed by atoms with Crippen LogP contribution < -0.4 is 5.32 Å². The van der Waals surface area contributed by atoms with Crippen LogP contribution in [0.3, 0.4) is 0 Å². The Hall–Kier alpha value is -1.62. The third-order valence-corrected chi connectivity index (χ3v) is 3.99. The molecule has 1 N–H and O–H groups in total. The summed E-state index contributed by atoms with van der Waals surface area (Å²) in [6.45, 7) is 3.95. The average molecular weight is 336 g/mol. The van der Waals surface area contributed by atoms with E-state index in [2.05, 4.69) is 33.3 Å². The summed E-state index contributed by atoms with van der Waals surface area (Å²) in [5, 5.41) is 7.17. The molecule has 2 aromatic rings. The number of rotatable bonds is 4. The van der Waals surface area contributed by atoms with Crippen LogP contribution in [-0.4, -0.2) is 15.7 Å². The maximum absolute atomic E-state index is 12.3. The summed E-state index contributed by atoms with van der Waals surface area (Å²) in [5.74, 6) is -0.0784. The normalized spacial score (nSPS) is 12.2. The van der Waals surface area contributed by atoms with Crippen molar-refractivity contribution in [2.75, 3.05) is 0 Å². The van der Waals surface area contributed by atoms with Crippen molar-refractivity contribution in [1.82, 2.24) is 15.1 Å². The van der Waals surface area contributed by atoms with Gasteiger partial charge in [-0.1, -0.05) is 35.0 Å². The highest BCUT2D eigenvalue weighted by Gasteiger charge is 2.17. The minimum Gasteiger partial charge on any atom is -0.345 e. The van der Waals surface area contributed by atoms with Gasteiger partial charge in [-0.15, -0.1) is 0 Å². The van der Waals surface area contributed by atoms with E-state index in [9.17, 15) is 4.79 Å². The molecule has 1 unspecified atom stereocenters. The zero-order valence-corrected chi connectivity index (χ0v) is 13.4. The van der Waals surface area contributed by atoms with E-state index < -0.39 is 0 Å². The van der Waals surface area contributed by atoms with Crippen LogP contribution in [0.25, 0.3) is 0 Å². The summed E-state index contributed by atoms with van der Waals surface area (Å²) < 4.78 is 2.74. The van der Waals surface area contributed by atoms with Crippen LogP contribution in [0.2, 0.25) is 0 Å². The van der Waals surface area contributed by atoms with Crippen molar-refractivity contribution >= 4 is 21.8 Å². The number of aryl methyl sites for hydroxylation is 1. The highest BCUT2D eigenvalue weighted by atomic mass is 79.9. The van der Waals surface area contributed by atoms with Crippen molar-refractivity contribution in [3.05, 3.63) is 51.8 Å². The predicted molar refractivity (Wildman–Crippen MR) is 82.6 cm³/mol. The van der Waals surface area contributed by atoms with E-state index in [0.29, 0.717) is 5.56 Å². The molecule has 0 spiro atoms. The fourth-order valence-electron chi connectivity index (χ4n) is 2.07. The van der Waals surface area contributed by atoms with Gasteiger partial charge in [-0.2, -0.15) is 5.10 Å². The Kier molecular flexibility index (Phi) is 4.60. The lowest BCUT2D eigenvalue weighted by molar-refractivity contribution is 0.0935. The first-order valence-electron chi connectivity index (χ1n) is 6.57. The van der Waals surface area contributed by atoms with E-state index in [1.165, 1.54) is 0 Å². The van der Waals surface area contributed by atoms with Crippen LogP contribution in [0.1, 0.15) is 41.0 Å². The molecule has 2 rings (SSSR count). The van der Waals surface area contributed by atoms with Crippen molar-refractivity contribution < 1.29 is 4.79 Å². The van der Waals surface area contributed by atoms with Crippen molar-refractivity contribution in [3.63, 3.8) is 0 Å². The van der Waals surface area contributed by atoms with Gasteiger partial charge in [0, 0.05) is 17.2 Å². The first kappa shape index (κ1) is 14.8. The summed E-state index contributed by atoms with van der Waals surface area (Å²) in [4.78, 5) is 12.3. The number of carbonyl (C=O) groups is 1. The first-order chi connectivity index (χ1) is 9.52. The number of halogens is 1. The summed E-state index contributed by atoms with van der Waals surface area (Å²) >= 11 is 3.42. The SMILES string of the molecule is CCC(NC(=O)c1cnn(C)c1C)c1ccc(Br)cc1. The predicted octanol–water partition coefficient (Wildman–Crippen LogP) is 3.37. The van der Waals surface area contributed by atoms with Crippen LogP contribution >= 0.6 is 15.9 Å². The van der Waals surface area contributed by atoms with Gasteiger partial charge in [0.15, 0.2) is 0 Å². The molecular weight excluding hydrogens is 318 g/mol. The van der Waals surface area contributed by atoms with Crippen LogP contribution in [0, 0.1) is 6.92 Å². The summed E-state index contributed by atoms with van der Waals surface area (Å²) in [7, 11) is 1.83. The molecule has 1 atom stereocenters. The first-order valence-corrected chi connectivity index (χ1v) is 7.37. The minimum atomic E-state index is -0.0784.